The van der Waals surface area contributed by atoms with Gasteiger partial charge < -0.3 is 0 Å². The smallest absolute Gasteiger partial charge is 0.267 e. The summed E-state index contributed by atoms with van der Waals surface area (Å²) in [7, 11) is 0. The van der Waals surface area contributed by atoms with Crippen LogP contribution in [0.4, 0.5) is 0 Å². The first kappa shape index (κ1) is 15.1. The van der Waals surface area contributed by atoms with Crippen LogP contribution >= 0.6 is 34.4 Å². The number of benzene rings is 2. The van der Waals surface area contributed by atoms with E-state index < -0.39 is 0 Å². The number of halogens is 1. The maximum Gasteiger partial charge on any atom is 0.271 e. The van der Waals surface area contributed by atoms with E-state index in [1.807, 2.05) is 48.7 Å². The van der Waals surface area contributed by atoms with Gasteiger partial charge in [-0.15, -0.1) is 11.8 Å². The molecule has 0 aromatic heterocycles. The Morgan fingerprint density at radius 3 is 2.65 bits per heavy atom. The second-order valence-corrected chi connectivity index (χ2v) is 6.11. The highest BCUT2D eigenvalue weighted by molar-refractivity contribution is 14.1. The topological polar surface area (TPSA) is 41.5 Å². The molecule has 0 spiro atoms. The minimum Gasteiger partial charge on any atom is -0.267 e. The van der Waals surface area contributed by atoms with Crippen molar-refractivity contribution in [3.63, 3.8) is 0 Å². The number of carbonyl (C=O) groups is 1. The first-order valence-corrected chi connectivity index (χ1v) is 8.22. The van der Waals surface area contributed by atoms with Crippen molar-refractivity contribution < 1.29 is 4.79 Å². The van der Waals surface area contributed by atoms with Gasteiger partial charge in [-0.2, -0.15) is 5.10 Å². The summed E-state index contributed by atoms with van der Waals surface area (Å²) in [4.78, 5) is 13.1. The Balaban J connectivity index is 1.97. The zero-order valence-corrected chi connectivity index (χ0v) is 13.8. The normalized spacial score (nSPS) is 10.7. The zero-order chi connectivity index (χ0) is 14.4. The molecule has 0 saturated carbocycles. The quantitative estimate of drug-likeness (QED) is 0.370. The molecule has 2 aromatic rings. The Bertz CT molecular complexity index is 626. The Kier molecular flexibility index (Phi) is 5.60. The number of nitrogens with zero attached hydrogens (tertiary/aromatic N) is 1. The monoisotopic (exact) mass is 396 g/mol. The summed E-state index contributed by atoms with van der Waals surface area (Å²) < 4.78 is 1.02. The maximum atomic E-state index is 11.9. The highest BCUT2D eigenvalue weighted by Crippen LogP contribution is 2.13. The fourth-order valence-electron chi connectivity index (χ4n) is 1.55. The number of amides is 1. The third-order valence-corrected chi connectivity index (χ3v) is 4.00. The van der Waals surface area contributed by atoms with Gasteiger partial charge in [-0.05, 0) is 64.7 Å². The van der Waals surface area contributed by atoms with Crippen LogP contribution in [0.5, 0.6) is 0 Å². The lowest BCUT2D eigenvalue weighted by molar-refractivity contribution is 0.0955. The van der Waals surface area contributed by atoms with Crippen LogP contribution in [-0.4, -0.2) is 18.4 Å². The molecule has 0 aliphatic heterocycles. The van der Waals surface area contributed by atoms with Crippen molar-refractivity contribution >= 4 is 46.5 Å². The van der Waals surface area contributed by atoms with Gasteiger partial charge in [0.1, 0.15) is 0 Å². The first-order chi connectivity index (χ1) is 9.69. The van der Waals surface area contributed by atoms with Gasteiger partial charge in [0.2, 0.25) is 0 Å². The second-order valence-electron chi connectivity index (χ2n) is 3.98. The van der Waals surface area contributed by atoms with Gasteiger partial charge in [-0.3, -0.25) is 4.79 Å². The fourth-order valence-corrected chi connectivity index (χ4v) is 2.50. The molecule has 2 rings (SSSR count). The minimum absolute atomic E-state index is 0.208. The van der Waals surface area contributed by atoms with E-state index in [2.05, 4.69) is 33.1 Å². The molecule has 2 aromatic carbocycles. The molecule has 102 valence electrons. The molecule has 0 saturated heterocycles. The molecular formula is C15H13IN2OS. The van der Waals surface area contributed by atoms with Crippen LogP contribution in [0.25, 0.3) is 0 Å². The molecule has 0 unspecified atom stereocenters. The zero-order valence-electron chi connectivity index (χ0n) is 10.8. The van der Waals surface area contributed by atoms with E-state index in [4.69, 9.17) is 0 Å². The van der Waals surface area contributed by atoms with E-state index in [1.54, 1.807) is 24.0 Å². The summed E-state index contributed by atoms with van der Waals surface area (Å²) in [5.41, 5.74) is 4.08. The Morgan fingerprint density at radius 2 is 2.00 bits per heavy atom. The number of hydrogen-bond donors (Lipinski definition) is 1. The molecule has 0 atom stereocenters. The van der Waals surface area contributed by atoms with Crippen molar-refractivity contribution in [2.24, 2.45) is 5.10 Å². The molecule has 5 heteroatoms. The SMILES string of the molecule is CSc1ccc(/C=N\NC(=O)c2cccc(I)c2)cc1. The number of hydrogen-bond acceptors (Lipinski definition) is 3. The molecule has 3 nitrogen and oxygen atoms in total. The molecule has 0 radical (unpaired) electrons. The largest absolute Gasteiger partial charge is 0.271 e. The van der Waals surface area contributed by atoms with Crippen LogP contribution in [-0.2, 0) is 0 Å². The van der Waals surface area contributed by atoms with Gasteiger partial charge >= 0.3 is 0 Å². The third kappa shape index (κ3) is 4.35. The van der Waals surface area contributed by atoms with Crippen LogP contribution in [0.3, 0.4) is 0 Å². The van der Waals surface area contributed by atoms with Gasteiger partial charge in [0.25, 0.3) is 5.91 Å². The maximum absolute atomic E-state index is 11.9. The van der Waals surface area contributed by atoms with Gasteiger partial charge in [0.05, 0.1) is 6.21 Å². The standard InChI is InChI=1S/C15H13IN2OS/c1-20-14-7-5-11(6-8-14)10-17-18-15(19)12-3-2-4-13(16)9-12/h2-10H,1H3,(H,18,19)/b17-10-. The average molecular weight is 396 g/mol. The van der Waals surface area contributed by atoms with Crippen LogP contribution in [0.15, 0.2) is 58.5 Å². The molecule has 0 aliphatic rings. The lowest BCUT2D eigenvalue weighted by Crippen LogP contribution is -2.17. The molecular weight excluding hydrogens is 383 g/mol. The predicted octanol–water partition coefficient (Wildman–Crippen LogP) is 3.78. The summed E-state index contributed by atoms with van der Waals surface area (Å²) in [5.74, 6) is -0.208. The summed E-state index contributed by atoms with van der Waals surface area (Å²) in [5, 5.41) is 3.97. The molecule has 0 bridgehead atoms. The van der Waals surface area contributed by atoms with E-state index in [9.17, 15) is 4.79 Å². The molecule has 0 aliphatic carbocycles. The summed E-state index contributed by atoms with van der Waals surface area (Å²) in [6.07, 6.45) is 3.67. The van der Waals surface area contributed by atoms with Gasteiger partial charge in [-0.1, -0.05) is 18.2 Å². The van der Waals surface area contributed by atoms with E-state index >= 15 is 0 Å². The number of nitrogens with one attached hydrogen (secondary N) is 1. The minimum atomic E-state index is -0.208. The summed E-state index contributed by atoms with van der Waals surface area (Å²) >= 11 is 3.86. The summed E-state index contributed by atoms with van der Waals surface area (Å²) in [6, 6.07) is 15.3. The van der Waals surface area contributed by atoms with Crippen molar-refractivity contribution in [2.75, 3.05) is 6.26 Å². The predicted molar refractivity (Wildman–Crippen MR) is 92.4 cm³/mol. The number of carbonyl (C=O) groups excluding carboxylic acids is 1. The Morgan fingerprint density at radius 1 is 1.25 bits per heavy atom. The highest BCUT2D eigenvalue weighted by Gasteiger charge is 2.03. The lowest BCUT2D eigenvalue weighted by atomic mass is 10.2. The molecule has 1 N–H and O–H groups in total. The molecule has 0 heterocycles. The third-order valence-electron chi connectivity index (χ3n) is 2.58. The lowest BCUT2D eigenvalue weighted by Gasteiger charge is -2.00. The number of thioether (sulfide) groups is 1. The summed E-state index contributed by atoms with van der Waals surface area (Å²) in [6.45, 7) is 0. The van der Waals surface area contributed by atoms with E-state index in [0.717, 1.165) is 9.13 Å². The molecule has 1 amide bonds. The van der Waals surface area contributed by atoms with Gasteiger partial charge in [0.15, 0.2) is 0 Å². The van der Waals surface area contributed by atoms with Crippen LogP contribution in [0, 0.1) is 3.57 Å². The van der Waals surface area contributed by atoms with Gasteiger partial charge in [0, 0.05) is 14.0 Å². The van der Waals surface area contributed by atoms with Crippen molar-refractivity contribution in [1.82, 2.24) is 5.43 Å². The van der Waals surface area contributed by atoms with E-state index in [-0.39, 0.29) is 5.91 Å². The molecule has 20 heavy (non-hydrogen) atoms. The van der Waals surface area contributed by atoms with Crippen LogP contribution in [0.1, 0.15) is 15.9 Å². The van der Waals surface area contributed by atoms with Crippen LogP contribution < -0.4 is 5.43 Å². The first-order valence-electron chi connectivity index (χ1n) is 5.92. The fraction of sp³-hybridized carbons (Fsp3) is 0.0667. The Hall–Kier alpha value is -1.34. The second kappa shape index (κ2) is 7.44. The Labute approximate surface area is 136 Å². The van der Waals surface area contributed by atoms with E-state index in [1.165, 1.54) is 4.90 Å². The van der Waals surface area contributed by atoms with Crippen molar-refractivity contribution in [3.05, 3.63) is 63.2 Å². The van der Waals surface area contributed by atoms with Gasteiger partial charge in [-0.25, -0.2) is 5.43 Å². The van der Waals surface area contributed by atoms with E-state index in [0.29, 0.717) is 5.56 Å². The molecule has 0 fully saturated rings. The highest BCUT2D eigenvalue weighted by atomic mass is 127. The van der Waals surface area contributed by atoms with Crippen molar-refractivity contribution in [3.8, 4) is 0 Å². The number of rotatable bonds is 4. The average Bonchev–Trinajstić information content (AvgIpc) is 2.48. The van der Waals surface area contributed by atoms with Crippen molar-refractivity contribution in [1.29, 1.82) is 0 Å². The van der Waals surface area contributed by atoms with Crippen molar-refractivity contribution in [2.45, 2.75) is 4.90 Å². The number of hydrazone groups is 1. The van der Waals surface area contributed by atoms with Crippen LogP contribution in [0.2, 0.25) is 0 Å².